The third-order valence-corrected chi connectivity index (χ3v) is 4.74. The number of nitrogens with one attached hydrogen (secondary N) is 1. The molecule has 0 aliphatic heterocycles. The second-order valence-corrected chi connectivity index (χ2v) is 7.43. The molecule has 0 radical (unpaired) electrons. The van der Waals surface area contributed by atoms with Crippen molar-refractivity contribution < 1.29 is 8.42 Å². The average Bonchev–Trinajstić information content (AvgIpc) is 2.76. The Balaban J connectivity index is 2.56. The van der Waals surface area contributed by atoms with Crippen molar-refractivity contribution in [1.82, 2.24) is 10.3 Å². The van der Waals surface area contributed by atoms with Crippen molar-refractivity contribution in [3.63, 3.8) is 0 Å². The van der Waals surface area contributed by atoms with E-state index in [-0.39, 0.29) is 4.90 Å². The molecule has 7 heteroatoms. The van der Waals surface area contributed by atoms with E-state index in [9.17, 15) is 8.42 Å². The first-order valence-electron chi connectivity index (χ1n) is 5.51. The van der Waals surface area contributed by atoms with Crippen LogP contribution in [0.25, 0.3) is 11.3 Å². The molecule has 102 valence electrons. The molecule has 0 aliphatic rings. The van der Waals surface area contributed by atoms with Gasteiger partial charge >= 0.3 is 0 Å². The summed E-state index contributed by atoms with van der Waals surface area (Å²) in [4.78, 5) is 4.67. The predicted molar refractivity (Wildman–Crippen MR) is 78.4 cm³/mol. The molecule has 19 heavy (non-hydrogen) atoms. The lowest BCUT2D eigenvalue weighted by atomic mass is 10.2. The maximum Gasteiger partial charge on any atom is 0.176 e. The van der Waals surface area contributed by atoms with E-state index in [1.165, 1.54) is 23.7 Å². The van der Waals surface area contributed by atoms with Crippen LogP contribution in [0.3, 0.4) is 0 Å². The summed E-state index contributed by atoms with van der Waals surface area (Å²) in [6.45, 7) is 0.652. The van der Waals surface area contributed by atoms with Crippen LogP contribution < -0.4 is 5.32 Å². The van der Waals surface area contributed by atoms with E-state index in [4.69, 9.17) is 11.6 Å². The molecule has 0 spiro atoms. The van der Waals surface area contributed by atoms with Crippen LogP contribution in [0.5, 0.6) is 0 Å². The largest absolute Gasteiger partial charge is 0.314 e. The monoisotopic (exact) mass is 316 g/mol. The Morgan fingerprint density at radius 3 is 2.79 bits per heavy atom. The van der Waals surface area contributed by atoms with Crippen LogP contribution >= 0.6 is 22.9 Å². The molecular weight excluding hydrogens is 304 g/mol. The van der Waals surface area contributed by atoms with Gasteiger partial charge in [0.2, 0.25) is 0 Å². The Morgan fingerprint density at radius 1 is 1.42 bits per heavy atom. The van der Waals surface area contributed by atoms with Crippen molar-refractivity contribution in [2.45, 2.75) is 11.4 Å². The van der Waals surface area contributed by atoms with Gasteiger partial charge in [-0.2, -0.15) is 0 Å². The van der Waals surface area contributed by atoms with Gasteiger partial charge in [-0.15, -0.1) is 11.3 Å². The van der Waals surface area contributed by atoms with Gasteiger partial charge in [-0.3, -0.25) is 0 Å². The van der Waals surface area contributed by atoms with Crippen molar-refractivity contribution in [2.75, 3.05) is 13.3 Å². The van der Waals surface area contributed by atoms with Gasteiger partial charge in [-0.05, 0) is 25.2 Å². The smallest absolute Gasteiger partial charge is 0.176 e. The second kappa shape index (κ2) is 5.58. The summed E-state index contributed by atoms with van der Waals surface area (Å²) in [5, 5.41) is 6.24. The van der Waals surface area contributed by atoms with E-state index >= 15 is 0 Å². The molecule has 1 aromatic carbocycles. The fourth-order valence-corrected chi connectivity index (χ4v) is 3.55. The van der Waals surface area contributed by atoms with Gasteiger partial charge in [-0.25, -0.2) is 13.4 Å². The highest BCUT2D eigenvalue weighted by Crippen LogP contribution is 2.31. The van der Waals surface area contributed by atoms with E-state index in [1.54, 1.807) is 12.1 Å². The molecular formula is C12H13ClN2O2S2. The zero-order valence-corrected chi connectivity index (χ0v) is 12.9. The average molecular weight is 317 g/mol. The number of rotatable bonds is 4. The van der Waals surface area contributed by atoms with Crippen LogP contribution in [0.2, 0.25) is 5.02 Å². The summed E-state index contributed by atoms with van der Waals surface area (Å²) in [7, 11) is -1.48. The van der Waals surface area contributed by atoms with Gasteiger partial charge in [0.15, 0.2) is 9.84 Å². The van der Waals surface area contributed by atoms with Crippen molar-refractivity contribution in [3.8, 4) is 11.3 Å². The molecule has 0 atom stereocenters. The number of halogens is 1. The van der Waals surface area contributed by atoms with Crippen LogP contribution in [0, 0.1) is 0 Å². The zero-order chi connectivity index (χ0) is 14.0. The Kier molecular flexibility index (Phi) is 4.25. The normalized spacial score (nSPS) is 11.7. The number of aromatic nitrogens is 1. The van der Waals surface area contributed by atoms with Gasteiger partial charge in [-0.1, -0.05) is 11.6 Å². The highest BCUT2D eigenvalue weighted by Gasteiger charge is 2.17. The molecule has 0 amide bonds. The van der Waals surface area contributed by atoms with Gasteiger partial charge in [0, 0.05) is 28.8 Å². The third-order valence-electron chi connectivity index (χ3n) is 2.50. The van der Waals surface area contributed by atoms with Crippen LogP contribution in [0.15, 0.2) is 28.5 Å². The van der Waals surface area contributed by atoms with E-state index in [1.807, 2.05) is 12.4 Å². The number of thiazole rings is 1. The Bertz CT molecular complexity index is 696. The van der Waals surface area contributed by atoms with Gasteiger partial charge in [0.05, 0.1) is 10.6 Å². The number of benzene rings is 1. The molecule has 2 rings (SSSR count). The molecule has 0 bridgehead atoms. The van der Waals surface area contributed by atoms with E-state index in [0.29, 0.717) is 22.8 Å². The first-order chi connectivity index (χ1) is 8.91. The summed E-state index contributed by atoms with van der Waals surface area (Å²) in [5.41, 5.74) is 1.19. The quantitative estimate of drug-likeness (QED) is 0.942. The molecule has 0 saturated carbocycles. The topological polar surface area (TPSA) is 59.1 Å². The fourth-order valence-electron chi connectivity index (χ4n) is 1.69. The molecule has 4 nitrogen and oxygen atoms in total. The molecule has 0 fully saturated rings. The first kappa shape index (κ1) is 14.5. The zero-order valence-electron chi connectivity index (χ0n) is 10.5. The molecule has 0 aliphatic carbocycles. The molecule has 1 aromatic heterocycles. The number of nitrogens with zero attached hydrogens (tertiary/aromatic N) is 1. The standard InChI is InChI=1S/C12H13ClN2O2S2/c1-14-6-12-15-10(7-18-12)9-5-8(13)3-4-11(9)19(2,16)17/h3-5,7,14H,6H2,1-2H3. The summed E-state index contributed by atoms with van der Waals surface area (Å²) in [5.74, 6) is 0. The predicted octanol–water partition coefficient (Wildman–Crippen LogP) is 2.59. The Labute approximate surface area is 121 Å². The highest BCUT2D eigenvalue weighted by molar-refractivity contribution is 7.90. The summed E-state index contributed by atoms with van der Waals surface area (Å²) >= 11 is 7.44. The minimum absolute atomic E-state index is 0.248. The number of sulfone groups is 1. The van der Waals surface area contributed by atoms with Crippen molar-refractivity contribution >= 4 is 32.8 Å². The van der Waals surface area contributed by atoms with E-state index in [0.717, 1.165) is 5.01 Å². The van der Waals surface area contributed by atoms with Crippen LogP contribution in [-0.4, -0.2) is 26.7 Å². The van der Waals surface area contributed by atoms with Gasteiger partial charge in [0.1, 0.15) is 5.01 Å². The Hall–Kier alpha value is -0.950. The van der Waals surface area contributed by atoms with Crippen LogP contribution in [-0.2, 0) is 16.4 Å². The highest BCUT2D eigenvalue weighted by atomic mass is 35.5. The summed E-state index contributed by atoms with van der Waals surface area (Å²) in [6, 6.07) is 4.72. The lowest BCUT2D eigenvalue weighted by molar-refractivity contribution is 0.602. The Morgan fingerprint density at radius 2 is 2.16 bits per heavy atom. The van der Waals surface area contributed by atoms with Gasteiger partial charge in [0.25, 0.3) is 0 Å². The summed E-state index contributed by atoms with van der Waals surface area (Å²) < 4.78 is 23.6. The molecule has 2 aromatic rings. The van der Waals surface area contributed by atoms with E-state index < -0.39 is 9.84 Å². The molecule has 1 N–H and O–H groups in total. The lowest BCUT2D eigenvalue weighted by Crippen LogP contribution is -2.04. The van der Waals surface area contributed by atoms with E-state index in [2.05, 4.69) is 10.3 Å². The van der Waals surface area contributed by atoms with Crippen LogP contribution in [0.1, 0.15) is 5.01 Å². The van der Waals surface area contributed by atoms with Crippen molar-refractivity contribution in [3.05, 3.63) is 33.6 Å². The first-order valence-corrected chi connectivity index (χ1v) is 8.65. The fraction of sp³-hybridized carbons (Fsp3) is 0.250. The minimum Gasteiger partial charge on any atom is -0.314 e. The minimum atomic E-state index is -3.31. The number of hydrogen-bond acceptors (Lipinski definition) is 5. The second-order valence-electron chi connectivity index (χ2n) is 4.07. The summed E-state index contributed by atoms with van der Waals surface area (Å²) in [6.07, 6.45) is 1.18. The molecule has 0 saturated heterocycles. The van der Waals surface area contributed by atoms with Gasteiger partial charge < -0.3 is 5.32 Å². The molecule has 0 unspecified atom stereocenters. The third kappa shape index (κ3) is 3.33. The molecule has 1 heterocycles. The van der Waals surface area contributed by atoms with Crippen molar-refractivity contribution in [1.29, 1.82) is 0 Å². The number of hydrogen-bond donors (Lipinski definition) is 1. The maximum atomic E-state index is 11.8. The lowest BCUT2D eigenvalue weighted by Gasteiger charge is -2.06. The van der Waals surface area contributed by atoms with Crippen molar-refractivity contribution in [2.24, 2.45) is 0 Å². The van der Waals surface area contributed by atoms with Crippen LogP contribution in [0.4, 0.5) is 0 Å². The SMILES string of the molecule is CNCc1nc(-c2cc(Cl)ccc2S(C)(=O)=O)cs1. The maximum absolute atomic E-state index is 11.8.